The van der Waals surface area contributed by atoms with Gasteiger partial charge in [-0.25, -0.2) is 0 Å². The number of rotatable bonds is 3. The number of anilines is 1. The van der Waals surface area contributed by atoms with Gasteiger partial charge in [-0.1, -0.05) is 30.3 Å². The van der Waals surface area contributed by atoms with Gasteiger partial charge in [0.05, 0.1) is 0 Å². The molecule has 0 fully saturated rings. The molecule has 0 spiro atoms. The summed E-state index contributed by atoms with van der Waals surface area (Å²) in [5, 5.41) is 12.0. The molecular weight excluding hydrogens is 274 g/mol. The predicted molar refractivity (Wildman–Crippen MR) is 89.8 cm³/mol. The SMILES string of the molecule is Nc1ccc(C(=O)/C=C/c2c(O)ccc3ccccc23)cc1. The Balaban J connectivity index is 1.97. The lowest BCUT2D eigenvalue weighted by atomic mass is 10.0. The Morgan fingerprint density at radius 2 is 1.68 bits per heavy atom. The third kappa shape index (κ3) is 2.69. The van der Waals surface area contributed by atoms with Gasteiger partial charge >= 0.3 is 0 Å². The summed E-state index contributed by atoms with van der Waals surface area (Å²) in [5.74, 6) is 0.0207. The van der Waals surface area contributed by atoms with E-state index >= 15 is 0 Å². The van der Waals surface area contributed by atoms with E-state index < -0.39 is 0 Å². The number of nitrogen functional groups attached to an aromatic ring is 1. The van der Waals surface area contributed by atoms with Crippen LogP contribution in [-0.2, 0) is 0 Å². The molecule has 0 aromatic heterocycles. The van der Waals surface area contributed by atoms with E-state index in [9.17, 15) is 9.90 Å². The van der Waals surface area contributed by atoms with Gasteiger partial charge < -0.3 is 10.8 Å². The summed E-state index contributed by atoms with van der Waals surface area (Å²) in [6.07, 6.45) is 3.11. The molecule has 0 atom stereocenters. The van der Waals surface area contributed by atoms with Crippen LogP contribution in [0.5, 0.6) is 5.75 Å². The molecule has 0 unspecified atom stereocenters. The second-order valence-electron chi connectivity index (χ2n) is 5.04. The monoisotopic (exact) mass is 289 g/mol. The number of benzene rings is 3. The zero-order valence-corrected chi connectivity index (χ0v) is 11.9. The Hall–Kier alpha value is -3.07. The lowest BCUT2D eigenvalue weighted by Gasteiger charge is -2.05. The lowest BCUT2D eigenvalue weighted by Crippen LogP contribution is -1.94. The highest BCUT2D eigenvalue weighted by Crippen LogP contribution is 2.28. The molecule has 3 rings (SSSR count). The van der Waals surface area contributed by atoms with Crippen LogP contribution in [-0.4, -0.2) is 10.9 Å². The summed E-state index contributed by atoms with van der Waals surface area (Å²) in [5.41, 5.74) is 7.43. The largest absolute Gasteiger partial charge is 0.507 e. The van der Waals surface area contributed by atoms with Crippen molar-refractivity contribution >= 4 is 28.3 Å². The minimum absolute atomic E-state index is 0.132. The zero-order valence-electron chi connectivity index (χ0n) is 11.9. The summed E-state index contributed by atoms with van der Waals surface area (Å²) in [4.78, 5) is 12.2. The third-order valence-electron chi connectivity index (χ3n) is 3.54. The highest BCUT2D eigenvalue weighted by atomic mass is 16.3. The van der Waals surface area contributed by atoms with Crippen LogP contribution >= 0.6 is 0 Å². The van der Waals surface area contributed by atoms with E-state index in [1.165, 1.54) is 6.08 Å². The van der Waals surface area contributed by atoms with E-state index in [-0.39, 0.29) is 11.5 Å². The number of hydrogen-bond acceptors (Lipinski definition) is 3. The highest BCUT2D eigenvalue weighted by Gasteiger charge is 2.05. The molecule has 0 heterocycles. The van der Waals surface area contributed by atoms with Gasteiger partial charge in [0, 0.05) is 16.8 Å². The van der Waals surface area contributed by atoms with Crippen LogP contribution in [0.2, 0.25) is 0 Å². The van der Waals surface area contributed by atoms with Gasteiger partial charge in [0.25, 0.3) is 0 Å². The van der Waals surface area contributed by atoms with Gasteiger partial charge in [0.15, 0.2) is 5.78 Å². The maximum absolute atomic E-state index is 12.2. The van der Waals surface area contributed by atoms with E-state index in [2.05, 4.69) is 0 Å². The number of hydrogen-bond donors (Lipinski definition) is 2. The van der Waals surface area contributed by atoms with E-state index in [4.69, 9.17) is 5.73 Å². The molecule has 0 saturated heterocycles. The van der Waals surface area contributed by atoms with Crippen molar-refractivity contribution in [2.24, 2.45) is 0 Å². The van der Waals surface area contributed by atoms with E-state index in [1.54, 1.807) is 36.4 Å². The minimum Gasteiger partial charge on any atom is -0.507 e. The van der Waals surface area contributed by atoms with E-state index in [0.29, 0.717) is 16.8 Å². The molecule has 3 N–H and O–H groups in total. The number of phenols is 1. The van der Waals surface area contributed by atoms with Crippen molar-refractivity contribution < 1.29 is 9.90 Å². The van der Waals surface area contributed by atoms with Crippen LogP contribution in [0.1, 0.15) is 15.9 Å². The molecule has 22 heavy (non-hydrogen) atoms. The maximum atomic E-state index is 12.2. The molecule has 0 amide bonds. The Bertz CT molecular complexity index is 864. The van der Waals surface area contributed by atoms with Crippen LogP contribution in [0.3, 0.4) is 0 Å². The summed E-state index contributed by atoms with van der Waals surface area (Å²) in [6, 6.07) is 18.0. The van der Waals surface area contributed by atoms with Crippen molar-refractivity contribution in [3.63, 3.8) is 0 Å². The fourth-order valence-electron chi connectivity index (χ4n) is 2.36. The molecule has 3 nitrogen and oxygen atoms in total. The number of carbonyl (C=O) groups excluding carboxylic acids is 1. The summed E-state index contributed by atoms with van der Waals surface area (Å²) >= 11 is 0. The fourth-order valence-corrected chi connectivity index (χ4v) is 2.36. The van der Waals surface area contributed by atoms with Gasteiger partial charge in [-0.3, -0.25) is 4.79 Å². The average Bonchev–Trinajstić information content (AvgIpc) is 2.54. The van der Waals surface area contributed by atoms with Crippen LogP contribution in [0.4, 0.5) is 5.69 Å². The van der Waals surface area contributed by atoms with Crippen molar-refractivity contribution in [3.8, 4) is 5.75 Å². The number of fused-ring (bicyclic) bond motifs is 1. The van der Waals surface area contributed by atoms with Gasteiger partial charge in [0.1, 0.15) is 5.75 Å². The van der Waals surface area contributed by atoms with Gasteiger partial charge in [0.2, 0.25) is 0 Å². The number of phenolic OH excluding ortho intramolecular Hbond substituents is 1. The first-order valence-corrected chi connectivity index (χ1v) is 6.94. The third-order valence-corrected chi connectivity index (χ3v) is 3.54. The van der Waals surface area contributed by atoms with Crippen molar-refractivity contribution in [3.05, 3.63) is 77.9 Å². The summed E-state index contributed by atoms with van der Waals surface area (Å²) in [7, 11) is 0. The summed E-state index contributed by atoms with van der Waals surface area (Å²) < 4.78 is 0. The van der Waals surface area contributed by atoms with Crippen LogP contribution in [0.15, 0.2) is 66.7 Å². The lowest BCUT2D eigenvalue weighted by molar-refractivity contribution is 0.104. The predicted octanol–water partition coefficient (Wildman–Crippen LogP) is 4.02. The smallest absolute Gasteiger partial charge is 0.185 e. The maximum Gasteiger partial charge on any atom is 0.185 e. The number of ketones is 1. The first-order chi connectivity index (χ1) is 10.6. The molecule has 3 aromatic carbocycles. The number of allylic oxidation sites excluding steroid dienone is 1. The van der Waals surface area contributed by atoms with Crippen LogP contribution in [0, 0.1) is 0 Å². The normalized spacial score (nSPS) is 11.1. The fraction of sp³-hybridized carbons (Fsp3) is 0. The van der Waals surface area contributed by atoms with Crippen molar-refractivity contribution in [1.82, 2.24) is 0 Å². The van der Waals surface area contributed by atoms with Gasteiger partial charge in [-0.05, 0) is 53.3 Å². The minimum atomic E-state index is -0.132. The second kappa shape index (κ2) is 5.74. The second-order valence-corrected chi connectivity index (χ2v) is 5.04. The Morgan fingerprint density at radius 3 is 2.45 bits per heavy atom. The molecule has 0 saturated carbocycles. The number of aromatic hydroxyl groups is 1. The molecule has 3 heteroatoms. The summed E-state index contributed by atoms with van der Waals surface area (Å²) in [6.45, 7) is 0. The molecule has 0 aliphatic carbocycles. The molecule has 0 radical (unpaired) electrons. The molecule has 108 valence electrons. The topological polar surface area (TPSA) is 63.3 Å². The van der Waals surface area contributed by atoms with E-state index in [1.807, 2.05) is 30.3 Å². The first kappa shape index (κ1) is 13.9. The highest BCUT2D eigenvalue weighted by molar-refractivity contribution is 6.08. The molecule has 0 bridgehead atoms. The quantitative estimate of drug-likeness (QED) is 0.435. The number of carbonyl (C=O) groups is 1. The average molecular weight is 289 g/mol. The standard InChI is InChI=1S/C19H15NO2/c20-15-8-5-14(6-9-15)18(21)12-10-17-16-4-2-1-3-13(16)7-11-19(17)22/h1-12,22H,20H2/b12-10+. The van der Waals surface area contributed by atoms with Crippen molar-refractivity contribution in [1.29, 1.82) is 0 Å². The van der Waals surface area contributed by atoms with Crippen molar-refractivity contribution in [2.45, 2.75) is 0 Å². The van der Waals surface area contributed by atoms with Crippen LogP contribution < -0.4 is 5.73 Å². The molecular formula is C19H15NO2. The van der Waals surface area contributed by atoms with Crippen molar-refractivity contribution in [2.75, 3.05) is 5.73 Å². The van der Waals surface area contributed by atoms with Crippen LogP contribution in [0.25, 0.3) is 16.8 Å². The van der Waals surface area contributed by atoms with Gasteiger partial charge in [-0.2, -0.15) is 0 Å². The molecule has 3 aromatic rings. The van der Waals surface area contributed by atoms with E-state index in [0.717, 1.165) is 10.8 Å². The Labute approximate surface area is 128 Å². The number of nitrogens with two attached hydrogens (primary N) is 1. The Kier molecular flexibility index (Phi) is 3.62. The molecule has 0 aliphatic rings. The Morgan fingerprint density at radius 1 is 0.955 bits per heavy atom. The van der Waals surface area contributed by atoms with Gasteiger partial charge in [-0.15, -0.1) is 0 Å². The zero-order chi connectivity index (χ0) is 15.5. The molecule has 0 aliphatic heterocycles. The first-order valence-electron chi connectivity index (χ1n) is 6.94.